The van der Waals surface area contributed by atoms with E-state index in [0.717, 1.165) is 42.9 Å². The summed E-state index contributed by atoms with van der Waals surface area (Å²) in [6.07, 6.45) is 10.0. The van der Waals surface area contributed by atoms with E-state index >= 15 is 0 Å². The Kier molecular flexibility index (Phi) is 13.2. The zero-order valence-corrected chi connectivity index (χ0v) is 23.8. The Morgan fingerprint density at radius 1 is 0.854 bits per heavy atom. The highest BCUT2D eigenvalue weighted by atomic mass is 16.7. The molecule has 0 N–H and O–H groups in total. The molecular weight excluding hydrogens is 514 g/mol. The van der Waals surface area contributed by atoms with E-state index in [1.54, 1.807) is 42.5 Å². The molecule has 0 saturated heterocycles. The summed E-state index contributed by atoms with van der Waals surface area (Å²) in [5, 5.41) is 9.02. The fourth-order valence-corrected chi connectivity index (χ4v) is 4.46. The average Bonchev–Trinajstić information content (AvgIpc) is 3.00. The highest BCUT2D eigenvalue weighted by Crippen LogP contribution is 2.26. The average molecular weight is 554 g/mol. The first-order chi connectivity index (χ1) is 20.0. The maximum atomic E-state index is 13.3. The standard InChI is InChI=1S/C35H39NO5/c1-3-5-6-7-8-9-10-19-34(41-33(37)4-2)39-32-18-14-12-16-30(32)35(38)40-31-17-13-11-15-29(31)25-24-27-20-22-28(26-36)23-21-27/h4,11-18,20-23,34H,2-3,5-10,19,24-25H2,1H3. The number of ether oxygens (including phenoxy) is 3. The Labute approximate surface area is 243 Å². The summed E-state index contributed by atoms with van der Waals surface area (Å²) >= 11 is 0. The Morgan fingerprint density at radius 2 is 1.51 bits per heavy atom. The van der Waals surface area contributed by atoms with Crippen LogP contribution in [0.4, 0.5) is 0 Å². The van der Waals surface area contributed by atoms with Crippen LogP contribution in [0.1, 0.15) is 85.3 Å². The molecule has 3 rings (SSSR count). The summed E-state index contributed by atoms with van der Waals surface area (Å²) in [6, 6.07) is 23.8. The van der Waals surface area contributed by atoms with Gasteiger partial charge in [-0.25, -0.2) is 9.59 Å². The van der Waals surface area contributed by atoms with E-state index in [0.29, 0.717) is 24.2 Å². The summed E-state index contributed by atoms with van der Waals surface area (Å²) in [4.78, 5) is 25.3. The molecule has 0 aliphatic rings. The van der Waals surface area contributed by atoms with Gasteiger partial charge in [-0.05, 0) is 60.7 Å². The van der Waals surface area contributed by atoms with Crippen molar-refractivity contribution in [2.45, 2.75) is 77.4 Å². The maximum Gasteiger partial charge on any atom is 0.347 e. The zero-order chi connectivity index (χ0) is 29.3. The Balaban J connectivity index is 1.66. The van der Waals surface area contributed by atoms with Crippen molar-refractivity contribution < 1.29 is 23.8 Å². The van der Waals surface area contributed by atoms with Crippen LogP contribution in [0.25, 0.3) is 0 Å². The topological polar surface area (TPSA) is 85.6 Å². The van der Waals surface area contributed by atoms with Crippen molar-refractivity contribution in [2.75, 3.05) is 0 Å². The van der Waals surface area contributed by atoms with Gasteiger partial charge in [0.2, 0.25) is 6.29 Å². The molecule has 0 aliphatic carbocycles. The molecule has 41 heavy (non-hydrogen) atoms. The number of nitrogens with zero attached hydrogens (tertiary/aromatic N) is 1. The molecule has 3 aromatic rings. The lowest BCUT2D eigenvalue weighted by Crippen LogP contribution is -2.25. The third kappa shape index (κ3) is 10.6. The predicted molar refractivity (Wildman–Crippen MR) is 160 cm³/mol. The summed E-state index contributed by atoms with van der Waals surface area (Å²) in [6.45, 7) is 5.68. The van der Waals surface area contributed by atoms with Crippen LogP contribution in [-0.4, -0.2) is 18.2 Å². The lowest BCUT2D eigenvalue weighted by atomic mass is 10.0. The van der Waals surface area contributed by atoms with E-state index in [1.165, 1.54) is 25.7 Å². The normalized spacial score (nSPS) is 11.2. The van der Waals surface area contributed by atoms with E-state index in [1.807, 2.05) is 30.3 Å². The van der Waals surface area contributed by atoms with Gasteiger partial charge in [0.15, 0.2) is 0 Å². The van der Waals surface area contributed by atoms with Gasteiger partial charge in [0.05, 0.1) is 11.6 Å². The highest BCUT2D eigenvalue weighted by molar-refractivity contribution is 5.94. The third-order valence-corrected chi connectivity index (χ3v) is 6.76. The molecule has 3 aromatic carbocycles. The van der Waals surface area contributed by atoms with E-state index in [4.69, 9.17) is 19.5 Å². The molecule has 0 saturated carbocycles. The monoisotopic (exact) mass is 553 g/mol. The van der Waals surface area contributed by atoms with Crippen molar-refractivity contribution in [3.05, 3.63) is 108 Å². The van der Waals surface area contributed by atoms with Crippen molar-refractivity contribution in [3.8, 4) is 17.6 Å². The molecule has 0 heterocycles. The van der Waals surface area contributed by atoms with E-state index in [-0.39, 0.29) is 11.3 Å². The minimum Gasteiger partial charge on any atom is -0.454 e. The predicted octanol–water partition coefficient (Wildman–Crippen LogP) is 8.14. The summed E-state index contributed by atoms with van der Waals surface area (Å²) in [5.41, 5.74) is 2.84. The smallest absolute Gasteiger partial charge is 0.347 e. The van der Waals surface area contributed by atoms with Crippen molar-refractivity contribution in [3.63, 3.8) is 0 Å². The third-order valence-electron chi connectivity index (χ3n) is 6.76. The lowest BCUT2D eigenvalue weighted by Gasteiger charge is -2.20. The highest BCUT2D eigenvalue weighted by Gasteiger charge is 2.21. The van der Waals surface area contributed by atoms with E-state index < -0.39 is 18.2 Å². The van der Waals surface area contributed by atoms with Gasteiger partial charge in [-0.2, -0.15) is 5.26 Å². The molecule has 0 aromatic heterocycles. The molecule has 0 amide bonds. The van der Waals surface area contributed by atoms with Gasteiger partial charge in [-0.3, -0.25) is 0 Å². The number of esters is 2. The minimum absolute atomic E-state index is 0.244. The molecule has 0 radical (unpaired) electrons. The van der Waals surface area contributed by atoms with E-state index in [2.05, 4.69) is 19.6 Å². The number of hydrogen-bond acceptors (Lipinski definition) is 6. The fourth-order valence-electron chi connectivity index (χ4n) is 4.46. The number of para-hydroxylation sites is 2. The maximum absolute atomic E-state index is 13.3. The van der Waals surface area contributed by atoms with Crippen LogP contribution >= 0.6 is 0 Å². The number of carbonyl (C=O) groups is 2. The molecule has 1 atom stereocenters. The summed E-state index contributed by atoms with van der Waals surface area (Å²) in [5.74, 6) is -0.374. The first-order valence-corrected chi connectivity index (χ1v) is 14.4. The van der Waals surface area contributed by atoms with Gasteiger partial charge >= 0.3 is 11.9 Å². The van der Waals surface area contributed by atoms with Crippen LogP contribution in [0, 0.1) is 11.3 Å². The quantitative estimate of drug-likeness (QED) is 0.0551. The molecule has 1 unspecified atom stereocenters. The Bertz CT molecular complexity index is 1310. The van der Waals surface area contributed by atoms with Gasteiger partial charge < -0.3 is 14.2 Å². The number of unbranched alkanes of at least 4 members (excludes halogenated alkanes) is 6. The zero-order valence-electron chi connectivity index (χ0n) is 23.8. The largest absolute Gasteiger partial charge is 0.454 e. The number of nitriles is 1. The van der Waals surface area contributed by atoms with Gasteiger partial charge in [-0.15, -0.1) is 0 Å². The van der Waals surface area contributed by atoms with Crippen molar-refractivity contribution in [1.29, 1.82) is 5.26 Å². The van der Waals surface area contributed by atoms with Crippen LogP contribution in [0.5, 0.6) is 11.5 Å². The number of hydrogen-bond donors (Lipinski definition) is 0. The fraction of sp³-hybridized carbons (Fsp3) is 0.343. The molecule has 0 bridgehead atoms. The molecule has 0 spiro atoms. The van der Waals surface area contributed by atoms with Crippen LogP contribution in [-0.2, 0) is 22.4 Å². The first kappa shape index (κ1) is 31.2. The van der Waals surface area contributed by atoms with Gasteiger partial charge in [0, 0.05) is 12.5 Å². The lowest BCUT2D eigenvalue weighted by molar-refractivity contribution is -0.158. The number of rotatable bonds is 17. The van der Waals surface area contributed by atoms with E-state index in [9.17, 15) is 9.59 Å². The SMILES string of the molecule is C=CC(=O)OC(CCCCCCCCC)Oc1ccccc1C(=O)Oc1ccccc1CCc1ccc(C#N)cc1. The Hall–Kier alpha value is -4.37. The van der Waals surface area contributed by atoms with Crippen LogP contribution in [0.2, 0.25) is 0 Å². The van der Waals surface area contributed by atoms with Gasteiger partial charge in [0.25, 0.3) is 0 Å². The first-order valence-electron chi connectivity index (χ1n) is 14.4. The molecule has 6 heteroatoms. The summed E-state index contributed by atoms with van der Waals surface area (Å²) in [7, 11) is 0. The van der Waals surface area contributed by atoms with Crippen molar-refractivity contribution in [1.82, 2.24) is 0 Å². The van der Waals surface area contributed by atoms with Crippen LogP contribution < -0.4 is 9.47 Å². The van der Waals surface area contributed by atoms with Crippen LogP contribution in [0.3, 0.4) is 0 Å². The number of benzene rings is 3. The molecule has 214 valence electrons. The molecule has 6 nitrogen and oxygen atoms in total. The van der Waals surface area contributed by atoms with Crippen LogP contribution in [0.15, 0.2) is 85.5 Å². The second kappa shape index (κ2) is 17.3. The number of aryl methyl sites for hydroxylation is 2. The Morgan fingerprint density at radius 3 is 2.22 bits per heavy atom. The molecule has 0 aliphatic heterocycles. The second-order valence-electron chi connectivity index (χ2n) is 9.90. The second-order valence-corrected chi connectivity index (χ2v) is 9.90. The number of carbonyl (C=O) groups excluding carboxylic acids is 2. The van der Waals surface area contributed by atoms with Crippen molar-refractivity contribution >= 4 is 11.9 Å². The molecular formula is C35H39NO5. The van der Waals surface area contributed by atoms with Gasteiger partial charge in [-0.1, -0.05) is 94.5 Å². The molecule has 0 fully saturated rings. The minimum atomic E-state index is -0.843. The summed E-state index contributed by atoms with van der Waals surface area (Å²) < 4.78 is 17.4. The van der Waals surface area contributed by atoms with Gasteiger partial charge in [0.1, 0.15) is 17.1 Å². The van der Waals surface area contributed by atoms with Crippen molar-refractivity contribution in [2.24, 2.45) is 0 Å².